The highest BCUT2D eigenvalue weighted by atomic mass is 16.5. The summed E-state index contributed by atoms with van der Waals surface area (Å²) in [7, 11) is 1.55. The molecule has 1 amide bonds. The molecule has 1 aromatic rings. The summed E-state index contributed by atoms with van der Waals surface area (Å²) in [5.74, 6) is 0.132. The number of nitrogen functional groups attached to an aromatic ring is 1. The van der Waals surface area contributed by atoms with Crippen LogP contribution in [0.4, 0.5) is 17.1 Å². The third kappa shape index (κ3) is 5.36. The molecule has 1 aromatic carbocycles. The lowest BCUT2D eigenvalue weighted by Gasteiger charge is -2.26. The third-order valence-electron chi connectivity index (χ3n) is 3.28. The number of esters is 1. The number of amides is 1. The van der Waals surface area contributed by atoms with Crippen molar-refractivity contribution in [2.75, 3.05) is 42.8 Å². The Morgan fingerprint density at radius 1 is 1.30 bits per heavy atom. The molecule has 128 valence electrons. The maximum atomic E-state index is 11.6. The van der Waals surface area contributed by atoms with Gasteiger partial charge in [0.1, 0.15) is 5.75 Å². The number of nitrogens with two attached hydrogens (primary N) is 1. The number of anilines is 3. The number of hydrogen-bond acceptors (Lipinski definition) is 6. The highest BCUT2D eigenvalue weighted by Gasteiger charge is 2.16. The van der Waals surface area contributed by atoms with Crippen LogP contribution in [-0.4, -0.2) is 38.7 Å². The van der Waals surface area contributed by atoms with Gasteiger partial charge in [-0.2, -0.15) is 0 Å². The van der Waals surface area contributed by atoms with Gasteiger partial charge in [-0.15, -0.1) is 0 Å². The average Bonchev–Trinajstić information content (AvgIpc) is 2.50. The van der Waals surface area contributed by atoms with E-state index in [1.54, 1.807) is 26.2 Å². The normalized spacial score (nSPS) is 10.1. The van der Waals surface area contributed by atoms with E-state index in [4.69, 9.17) is 15.2 Å². The van der Waals surface area contributed by atoms with Crippen molar-refractivity contribution in [1.29, 1.82) is 0 Å². The Balaban J connectivity index is 3.04. The number of carbonyl (C=O) groups excluding carboxylic acids is 2. The number of carbonyl (C=O) groups is 2. The molecule has 0 unspecified atom stereocenters. The van der Waals surface area contributed by atoms with E-state index < -0.39 is 0 Å². The fourth-order valence-electron chi connectivity index (χ4n) is 2.20. The standard InChI is InChI=1S/C16H25N3O4/c1-5-19(8-7-16(21)23-6-2)14-10-13(18-11(3)20)12(17)9-15(14)22-4/h9-10H,5-8,17H2,1-4H3,(H,18,20). The zero-order valence-electron chi connectivity index (χ0n) is 14.1. The van der Waals surface area contributed by atoms with E-state index in [0.29, 0.717) is 36.8 Å². The van der Waals surface area contributed by atoms with Crippen LogP contribution >= 0.6 is 0 Å². The van der Waals surface area contributed by atoms with Gasteiger partial charge in [0.2, 0.25) is 5.91 Å². The fourth-order valence-corrected chi connectivity index (χ4v) is 2.20. The predicted molar refractivity (Wildman–Crippen MR) is 90.8 cm³/mol. The lowest BCUT2D eigenvalue weighted by atomic mass is 10.2. The lowest BCUT2D eigenvalue weighted by Crippen LogP contribution is -2.27. The van der Waals surface area contributed by atoms with Gasteiger partial charge >= 0.3 is 5.97 Å². The monoisotopic (exact) mass is 323 g/mol. The van der Waals surface area contributed by atoms with Crippen LogP contribution in [-0.2, 0) is 14.3 Å². The molecule has 0 heterocycles. The summed E-state index contributed by atoms with van der Waals surface area (Å²) < 4.78 is 10.3. The second kappa shape index (κ2) is 8.87. The molecule has 0 saturated carbocycles. The first-order chi connectivity index (χ1) is 10.9. The van der Waals surface area contributed by atoms with Crippen molar-refractivity contribution in [3.8, 4) is 5.75 Å². The van der Waals surface area contributed by atoms with Gasteiger partial charge in [-0.25, -0.2) is 0 Å². The Hall–Kier alpha value is -2.44. The first-order valence-electron chi connectivity index (χ1n) is 7.58. The largest absolute Gasteiger partial charge is 0.495 e. The Bertz CT molecular complexity index is 561. The minimum Gasteiger partial charge on any atom is -0.495 e. The number of hydrogen-bond donors (Lipinski definition) is 2. The van der Waals surface area contributed by atoms with Crippen molar-refractivity contribution >= 4 is 28.9 Å². The molecule has 0 bridgehead atoms. The van der Waals surface area contributed by atoms with E-state index in [0.717, 1.165) is 5.69 Å². The van der Waals surface area contributed by atoms with Gasteiger partial charge in [0.05, 0.1) is 37.2 Å². The molecular weight excluding hydrogens is 298 g/mol. The smallest absolute Gasteiger partial charge is 0.307 e. The van der Waals surface area contributed by atoms with E-state index in [9.17, 15) is 9.59 Å². The van der Waals surface area contributed by atoms with E-state index in [2.05, 4.69) is 5.32 Å². The quantitative estimate of drug-likeness (QED) is 0.561. The lowest BCUT2D eigenvalue weighted by molar-refractivity contribution is -0.142. The Morgan fingerprint density at radius 3 is 2.52 bits per heavy atom. The van der Waals surface area contributed by atoms with Crippen LogP contribution in [0.2, 0.25) is 0 Å². The molecule has 7 nitrogen and oxygen atoms in total. The minimum absolute atomic E-state index is 0.206. The van der Waals surface area contributed by atoms with Gasteiger partial charge in [0.25, 0.3) is 0 Å². The van der Waals surface area contributed by atoms with Crippen LogP contribution in [0.5, 0.6) is 5.75 Å². The summed E-state index contributed by atoms with van der Waals surface area (Å²) in [4.78, 5) is 24.8. The summed E-state index contributed by atoms with van der Waals surface area (Å²) in [6.07, 6.45) is 0.269. The molecule has 0 saturated heterocycles. The van der Waals surface area contributed by atoms with Gasteiger partial charge in [-0.1, -0.05) is 0 Å². The molecule has 7 heteroatoms. The summed E-state index contributed by atoms with van der Waals surface area (Å²) >= 11 is 0. The summed E-state index contributed by atoms with van der Waals surface area (Å²) in [5, 5.41) is 2.69. The molecule has 0 aliphatic carbocycles. The number of rotatable bonds is 8. The number of nitrogens with zero attached hydrogens (tertiary/aromatic N) is 1. The molecule has 0 aliphatic rings. The molecule has 0 spiro atoms. The number of methoxy groups -OCH3 is 1. The van der Waals surface area contributed by atoms with Crippen molar-refractivity contribution in [1.82, 2.24) is 0 Å². The van der Waals surface area contributed by atoms with Crippen LogP contribution < -0.4 is 20.7 Å². The third-order valence-corrected chi connectivity index (χ3v) is 3.28. The van der Waals surface area contributed by atoms with Crippen LogP contribution in [0, 0.1) is 0 Å². The highest BCUT2D eigenvalue weighted by molar-refractivity contribution is 5.94. The molecule has 0 radical (unpaired) electrons. The van der Waals surface area contributed by atoms with Crippen LogP contribution in [0.3, 0.4) is 0 Å². The Kier molecular flexibility index (Phi) is 7.18. The number of nitrogens with one attached hydrogen (secondary N) is 1. The van der Waals surface area contributed by atoms with E-state index in [1.165, 1.54) is 6.92 Å². The Labute approximate surface area is 136 Å². The van der Waals surface area contributed by atoms with Gasteiger partial charge in [0.15, 0.2) is 0 Å². The zero-order valence-corrected chi connectivity index (χ0v) is 14.1. The molecule has 0 aliphatic heterocycles. The zero-order chi connectivity index (χ0) is 17.4. The van der Waals surface area contributed by atoms with Crippen LogP contribution in [0.1, 0.15) is 27.2 Å². The van der Waals surface area contributed by atoms with Crippen molar-refractivity contribution in [2.45, 2.75) is 27.2 Å². The van der Waals surface area contributed by atoms with Gasteiger partial charge in [-0.05, 0) is 19.9 Å². The van der Waals surface area contributed by atoms with E-state index in [-0.39, 0.29) is 18.3 Å². The second-order valence-corrected chi connectivity index (χ2v) is 4.93. The van der Waals surface area contributed by atoms with Gasteiger partial charge in [-0.3, -0.25) is 9.59 Å². The van der Waals surface area contributed by atoms with Crippen molar-refractivity contribution in [3.63, 3.8) is 0 Å². The maximum Gasteiger partial charge on any atom is 0.307 e. The van der Waals surface area contributed by atoms with Gasteiger partial charge in [0, 0.05) is 26.1 Å². The maximum absolute atomic E-state index is 11.6. The second-order valence-electron chi connectivity index (χ2n) is 4.93. The van der Waals surface area contributed by atoms with E-state index >= 15 is 0 Å². The van der Waals surface area contributed by atoms with Gasteiger partial charge < -0.3 is 25.4 Å². The highest BCUT2D eigenvalue weighted by Crippen LogP contribution is 2.35. The summed E-state index contributed by atoms with van der Waals surface area (Å²) in [5.41, 5.74) is 7.63. The van der Waals surface area contributed by atoms with Crippen LogP contribution in [0.15, 0.2) is 12.1 Å². The van der Waals surface area contributed by atoms with E-state index in [1.807, 2.05) is 11.8 Å². The van der Waals surface area contributed by atoms with Crippen molar-refractivity contribution in [2.24, 2.45) is 0 Å². The average molecular weight is 323 g/mol. The molecule has 23 heavy (non-hydrogen) atoms. The molecule has 0 aromatic heterocycles. The molecule has 3 N–H and O–H groups in total. The van der Waals surface area contributed by atoms with Crippen LogP contribution in [0.25, 0.3) is 0 Å². The first kappa shape index (κ1) is 18.6. The molecular formula is C16H25N3O4. The SMILES string of the molecule is CCOC(=O)CCN(CC)c1cc(NC(C)=O)c(N)cc1OC. The minimum atomic E-state index is -0.248. The van der Waals surface area contributed by atoms with Crippen molar-refractivity contribution < 1.29 is 19.1 Å². The molecule has 1 rings (SSSR count). The molecule has 0 fully saturated rings. The summed E-state index contributed by atoms with van der Waals surface area (Å²) in [6.45, 7) is 6.68. The summed E-state index contributed by atoms with van der Waals surface area (Å²) in [6, 6.07) is 3.41. The number of ether oxygens (including phenoxy) is 2. The topological polar surface area (TPSA) is 93.9 Å². The Morgan fingerprint density at radius 2 is 2.00 bits per heavy atom. The number of benzene rings is 1. The molecule has 0 atom stereocenters. The predicted octanol–water partition coefficient (Wildman–Crippen LogP) is 2.02. The van der Waals surface area contributed by atoms with Crippen molar-refractivity contribution in [3.05, 3.63) is 12.1 Å². The fraction of sp³-hybridized carbons (Fsp3) is 0.500. The first-order valence-corrected chi connectivity index (χ1v) is 7.58.